The quantitative estimate of drug-likeness (QED) is 0.351. The molecule has 0 spiro atoms. The summed E-state index contributed by atoms with van der Waals surface area (Å²) in [6.07, 6.45) is 3.35. The van der Waals surface area contributed by atoms with Gasteiger partial charge < -0.3 is 10.6 Å². The standard InChI is InChI=1S/C23H21BrN4O3/c1-15(19-4-2-3-13-25-19)26-20-10-5-16(14-21(20)28(30)31)22(29)27-23(11-12-23)17-6-8-18(24)9-7-17/h2-10,13-15,26H,11-12H2,1H3,(H,27,29). The van der Waals surface area contributed by atoms with Crippen LogP contribution >= 0.6 is 15.9 Å². The molecule has 31 heavy (non-hydrogen) atoms. The fraction of sp³-hybridized carbons (Fsp3) is 0.217. The Balaban J connectivity index is 1.54. The first-order valence-corrected chi connectivity index (χ1v) is 10.7. The molecule has 7 nitrogen and oxygen atoms in total. The van der Waals surface area contributed by atoms with E-state index in [2.05, 4.69) is 31.5 Å². The lowest BCUT2D eigenvalue weighted by Crippen LogP contribution is -2.34. The van der Waals surface area contributed by atoms with Crippen molar-refractivity contribution in [1.82, 2.24) is 10.3 Å². The summed E-state index contributed by atoms with van der Waals surface area (Å²) < 4.78 is 0.969. The van der Waals surface area contributed by atoms with Crippen LogP contribution in [-0.2, 0) is 5.54 Å². The van der Waals surface area contributed by atoms with Crippen LogP contribution in [-0.4, -0.2) is 15.8 Å². The molecule has 1 unspecified atom stereocenters. The molecule has 4 rings (SSSR count). The topological polar surface area (TPSA) is 97.2 Å². The number of nitro benzene ring substituents is 1. The second kappa shape index (κ2) is 8.47. The van der Waals surface area contributed by atoms with Crippen molar-refractivity contribution in [3.8, 4) is 0 Å². The SMILES string of the molecule is CC(Nc1ccc(C(=O)NC2(c3ccc(Br)cc3)CC2)cc1[N+](=O)[O-])c1ccccn1. The van der Waals surface area contributed by atoms with E-state index in [0.29, 0.717) is 5.69 Å². The number of halogens is 1. The number of nitrogens with one attached hydrogen (secondary N) is 2. The van der Waals surface area contributed by atoms with Crippen molar-refractivity contribution in [2.75, 3.05) is 5.32 Å². The van der Waals surface area contributed by atoms with Gasteiger partial charge >= 0.3 is 0 Å². The number of carbonyl (C=O) groups excluding carboxylic acids is 1. The number of nitrogens with zero attached hydrogens (tertiary/aromatic N) is 2. The van der Waals surface area contributed by atoms with E-state index in [1.54, 1.807) is 18.3 Å². The van der Waals surface area contributed by atoms with E-state index >= 15 is 0 Å². The summed E-state index contributed by atoms with van der Waals surface area (Å²) in [6.45, 7) is 1.88. The monoisotopic (exact) mass is 480 g/mol. The van der Waals surface area contributed by atoms with Crippen LogP contribution in [0.25, 0.3) is 0 Å². The Hall–Kier alpha value is -3.26. The zero-order chi connectivity index (χ0) is 22.0. The van der Waals surface area contributed by atoms with Gasteiger partial charge in [0.2, 0.25) is 0 Å². The van der Waals surface area contributed by atoms with Gasteiger partial charge in [-0.15, -0.1) is 0 Å². The third kappa shape index (κ3) is 4.59. The van der Waals surface area contributed by atoms with E-state index in [0.717, 1.165) is 28.6 Å². The van der Waals surface area contributed by atoms with Gasteiger partial charge in [0.15, 0.2) is 0 Å². The van der Waals surface area contributed by atoms with Gasteiger partial charge in [-0.25, -0.2) is 0 Å². The summed E-state index contributed by atoms with van der Waals surface area (Å²) in [5, 5.41) is 17.9. The summed E-state index contributed by atoms with van der Waals surface area (Å²) in [7, 11) is 0. The largest absolute Gasteiger partial charge is 0.371 e. The minimum atomic E-state index is -0.480. The van der Waals surface area contributed by atoms with Gasteiger partial charge in [-0.3, -0.25) is 19.9 Å². The molecule has 2 aromatic carbocycles. The van der Waals surface area contributed by atoms with Gasteiger partial charge in [0.05, 0.1) is 22.2 Å². The number of rotatable bonds is 7. The third-order valence-electron chi connectivity index (χ3n) is 5.46. The maximum Gasteiger partial charge on any atom is 0.293 e. The fourth-order valence-corrected chi connectivity index (χ4v) is 3.82. The van der Waals surface area contributed by atoms with Crippen LogP contribution in [0.5, 0.6) is 0 Å². The smallest absolute Gasteiger partial charge is 0.293 e. The molecule has 1 aliphatic carbocycles. The van der Waals surface area contributed by atoms with E-state index < -0.39 is 10.5 Å². The van der Waals surface area contributed by atoms with Crippen molar-refractivity contribution in [1.29, 1.82) is 0 Å². The molecular formula is C23H21BrN4O3. The molecule has 1 amide bonds. The van der Waals surface area contributed by atoms with Crippen LogP contribution in [0.4, 0.5) is 11.4 Å². The Kier molecular flexibility index (Phi) is 5.73. The summed E-state index contributed by atoms with van der Waals surface area (Å²) >= 11 is 3.42. The average Bonchev–Trinajstić information content (AvgIpc) is 3.55. The van der Waals surface area contributed by atoms with Crippen LogP contribution < -0.4 is 10.6 Å². The lowest BCUT2D eigenvalue weighted by Gasteiger charge is -2.19. The first-order chi connectivity index (χ1) is 14.9. The molecule has 0 radical (unpaired) electrons. The molecule has 1 saturated carbocycles. The molecule has 1 aromatic heterocycles. The number of benzene rings is 2. The minimum Gasteiger partial charge on any atom is -0.371 e. The van der Waals surface area contributed by atoms with Crippen LogP contribution in [0.15, 0.2) is 71.3 Å². The second-order valence-corrected chi connectivity index (χ2v) is 8.57. The highest BCUT2D eigenvalue weighted by molar-refractivity contribution is 9.10. The van der Waals surface area contributed by atoms with E-state index in [1.165, 1.54) is 6.07 Å². The number of nitro groups is 1. The zero-order valence-corrected chi connectivity index (χ0v) is 18.4. The third-order valence-corrected chi connectivity index (χ3v) is 5.99. The van der Waals surface area contributed by atoms with Gasteiger partial charge in [-0.05, 0) is 61.7 Å². The Morgan fingerprint density at radius 1 is 1.16 bits per heavy atom. The van der Waals surface area contributed by atoms with Crippen molar-refractivity contribution in [3.05, 3.63) is 98.3 Å². The average molecular weight is 481 g/mol. The molecular weight excluding hydrogens is 460 g/mol. The van der Waals surface area contributed by atoms with Gasteiger partial charge in [0.1, 0.15) is 5.69 Å². The first kappa shape index (κ1) is 21.0. The lowest BCUT2D eigenvalue weighted by atomic mass is 10.0. The van der Waals surface area contributed by atoms with Crippen molar-refractivity contribution in [3.63, 3.8) is 0 Å². The zero-order valence-electron chi connectivity index (χ0n) is 16.8. The Bertz CT molecular complexity index is 1120. The van der Waals surface area contributed by atoms with E-state index in [4.69, 9.17) is 0 Å². The molecule has 8 heteroatoms. The number of carbonyl (C=O) groups is 1. The number of amides is 1. The highest BCUT2D eigenvalue weighted by atomic mass is 79.9. The van der Waals surface area contributed by atoms with Gasteiger partial charge in [0.25, 0.3) is 11.6 Å². The molecule has 0 bridgehead atoms. The number of aromatic nitrogens is 1. The molecule has 1 aliphatic rings. The lowest BCUT2D eigenvalue weighted by molar-refractivity contribution is -0.384. The number of pyridine rings is 1. The predicted octanol–water partition coefficient (Wildman–Crippen LogP) is 5.34. The predicted molar refractivity (Wildman–Crippen MR) is 122 cm³/mol. The highest BCUT2D eigenvalue weighted by Crippen LogP contribution is 2.46. The molecule has 1 fully saturated rings. The van der Waals surface area contributed by atoms with Crippen molar-refractivity contribution in [2.24, 2.45) is 0 Å². The maximum atomic E-state index is 12.9. The van der Waals surface area contributed by atoms with E-state index in [9.17, 15) is 14.9 Å². The van der Waals surface area contributed by atoms with Gasteiger partial charge in [0, 0.05) is 22.3 Å². The summed E-state index contributed by atoms with van der Waals surface area (Å²) in [6, 6.07) is 17.6. The van der Waals surface area contributed by atoms with Crippen LogP contribution in [0.3, 0.4) is 0 Å². The second-order valence-electron chi connectivity index (χ2n) is 7.65. The summed E-state index contributed by atoms with van der Waals surface area (Å²) in [4.78, 5) is 28.4. The molecule has 3 aromatic rings. The number of anilines is 1. The molecule has 0 aliphatic heterocycles. The highest BCUT2D eigenvalue weighted by Gasteiger charge is 2.45. The van der Waals surface area contributed by atoms with E-state index in [-0.39, 0.29) is 23.2 Å². The minimum absolute atomic E-state index is 0.149. The van der Waals surface area contributed by atoms with Crippen molar-refractivity contribution < 1.29 is 9.72 Å². The van der Waals surface area contributed by atoms with Gasteiger partial charge in [-0.2, -0.15) is 0 Å². The van der Waals surface area contributed by atoms with Crippen LogP contribution in [0.2, 0.25) is 0 Å². The molecule has 2 N–H and O–H groups in total. The Morgan fingerprint density at radius 2 is 1.90 bits per heavy atom. The van der Waals surface area contributed by atoms with Crippen LogP contribution in [0, 0.1) is 10.1 Å². The summed E-state index contributed by atoms with van der Waals surface area (Å²) in [5.74, 6) is -0.326. The maximum absolute atomic E-state index is 12.9. The van der Waals surface area contributed by atoms with Crippen molar-refractivity contribution >= 4 is 33.2 Å². The van der Waals surface area contributed by atoms with Crippen LogP contribution in [0.1, 0.15) is 47.4 Å². The fourth-order valence-electron chi connectivity index (χ4n) is 3.55. The normalized spacial score (nSPS) is 15.0. The van der Waals surface area contributed by atoms with Crippen molar-refractivity contribution in [2.45, 2.75) is 31.3 Å². The molecule has 1 atom stereocenters. The first-order valence-electron chi connectivity index (χ1n) is 9.92. The van der Waals surface area contributed by atoms with E-state index in [1.807, 2.05) is 49.4 Å². The molecule has 0 saturated heterocycles. The Morgan fingerprint density at radius 3 is 2.52 bits per heavy atom. The summed E-state index contributed by atoms with van der Waals surface area (Å²) in [5.41, 5.74) is 1.84. The van der Waals surface area contributed by atoms with Gasteiger partial charge in [-0.1, -0.05) is 34.1 Å². The number of hydrogen-bond acceptors (Lipinski definition) is 5. The molecule has 1 heterocycles. The number of hydrogen-bond donors (Lipinski definition) is 2. The molecule has 158 valence electrons. The Labute approximate surface area is 188 Å².